The number of hydrogen-bond donors (Lipinski definition) is 2. The fourth-order valence-corrected chi connectivity index (χ4v) is 1.85. The third kappa shape index (κ3) is 5.64. The van der Waals surface area contributed by atoms with Gasteiger partial charge in [-0.25, -0.2) is 9.59 Å². The Labute approximate surface area is 140 Å². The Balaban J connectivity index is 0.000000240. The minimum Gasteiger partial charge on any atom is -0.493 e. The summed E-state index contributed by atoms with van der Waals surface area (Å²) in [6.45, 7) is 4.59. The number of para-hydroxylation sites is 2. The van der Waals surface area contributed by atoms with Crippen LogP contribution in [0.3, 0.4) is 0 Å². The molecule has 24 heavy (non-hydrogen) atoms. The van der Waals surface area contributed by atoms with Crippen molar-refractivity contribution in [3.05, 3.63) is 59.7 Å². The molecule has 0 atom stereocenters. The summed E-state index contributed by atoms with van der Waals surface area (Å²) in [5, 5.41) is 17.4. The zero-order valence-corrected chi connectivity index (χ0v) is 13.6. The summed E-state index contributed by atoms with van der Waals surface area (Å²) in [5.74, 6) is -1.07. The van der Waals surface area contributed by atoms with Crippen LogP contribution in [0.5, 0.6) is 11.5 Å². The van der Waals surface area contributed by atoms with Gasteiger partial charge < -0.3 is 19.7 Å². The molecule has 0 aliphatic carbocycles. The Kier molecular flexibility index (Phi) is 7.84. The van der Waals surface area contributed by atoms with Crippen molar-refractivity contribution < 1.29 is 29.3 Å². The highest BCUT2D eigenvalue weighted by molar-refractivity contribution is 5.91. The van der Waals surface area contributed by atoms with Crippen molar-refractivity contribution in [2.24, 2.45) is 0 Å². The molecule has 2 rings (SSSR count). The van der Waals surface area contributed by atoms with Crippen molar-refractivity contribution in [3.8, 4) is 11.5 Å². The van der Waals surface area contributed by atoms with Crippen molar-refractivity contribution in [2.75, 3.05) is 13.2 Å². The predicted molar refractivity (Wildman–Crippen MR) is 89.1 cm³/mol. The zero-order valence-electron chi connectivity index (χ0n) is 13.6. The van der Waals surface area contributed by atoms with Crippen LogP contribution < -0.4 is 9.47 Å². The van der Waals surface area contributed by atoms with Crippen molar-refractivity contribution >= 4 is 11.9 Å². The van der Waals surface area contributed by atoms with E-state index in [1.807, 2.05) is 13.8 Å². The smallest absolute Gasteiger partial charge is 0.339 e. The monoisotopic (exact) mass is 332 g/mol. The van der Waals surface area contributed by atoms with Gasteiger partial charge in [-0.3, -0.25) is 0 Å². The third-order valence-electron chi connectivity index (χ3n) is 2.83. The molecule has 0 aromatic heterocycles. The molecule has 2 aromatic carbocycles. The minimum absolute atomic E-state index is 0.208. The molecule has 0 heterocycles. The number of benzene rings is 2. The number of rotatable bonds is 6. The van der Waals surface area contributed by atoms with E-state index in [2.05, 4.69) is 0 Å². The zero-order chi connectivity index (χ0) is 17.9. The molecule has 0 fully saturated rings. The van der Waals surface area contributed by atoms with Crippen LogP contribution in [0.4, 0.5) is 0 Å². The standard InChI is InChI=1S/2C9H10O3/c2*1-2-12-8-6-4-3-5-7(8)9(10)11/h2*3-6H,2H2,1H3,(H,10,11). The van der Waals surface area contributed by atoms with Gasteiger partial charge in [0.1, 0.15) is 22.6 Å². The van der Waals surface area contributed by atoms with Crippen LogP contribution in [0.2, 0.25) is 0 Å². The number of carboxylic acid groups (broad SMARTS) is 2. The van der Waals surface area contributed by atoms with Crippen LogP contribution in [0, 0.1) is 0 Å². The molecular formula is C18H20O6. The minimum atomic E-state index is -0.959. The Morgan fingerprint density at radius 1 is 0.750 bits per heavy atom. The molecule has 0 aliphatic rings. The maximum Gasteiger partial charge on any atom is 0.339 e. The second kappa shape index (κ2) is 9.89. The Morgan fingerprint density at radius 3 is 1.38 bits per heavy atom. The fourth-order valence-electron chi connectivity index (χ4n) is 1.85. The lowest BCUT2D eigenvalue weighted by Crippen LogP contribution is -2.01. The van der Waals surface area contributed by atoms with Gasteiger partial charge >= 0.3 is 11.9 Å². The van der Waals surface area contributed by atoms with Gasteiger partial charge in [-0.1, -0.05) is 24.3 Å². The Morgan fingerprint density at radius 2 is 1.08 bits per heavy atom. The summed E-state index contributed by atoms with van der Waals surface area (Å²) in [4.78, 5) is 21.2. The van der Waals surface area contributed by atoms with Crippen molar-refractivity contribution in [1.82, 2.24) is 0 Å². The molecule has 0 bridgehead atoms. The third-order valence-corrected chi connectivity index (χ3v) is 2.83. The normalized spacial score (nSPS) is 9.42. The molecule has 6 nitrogen and oxygen atoms in total. The van der Waals surface area contributed by atoms with E-state index >= 15 is 0 Å². The van der Waals surface area contributed by atoms with Crippen LogP contribution in [-0.2, 0) is 0 Å². The maximum atomic E-state index is 10.6. The molecule has 0 radical (unpaired) electrons. The number of hydrogen-bond acceptors (Lipinski definition) is 4. The Bertz CT molecular complexity index is 621. The van der Waals surface area contributed by atoms with E-state index in [1.54, 1.807) is 36.4 Å². The highest BCUT2D eigenvalue weighted by atomic mass is 16.5. The largest absolute Gasteiger partial charge is 0.493 e. The molecule has 0 unspecified atom stereocenters. The van der Waals surface area contributed by atoms with Crippen molar-refractivity contribution in [3.63, 3.8) is 0 Å². The number of carbonyl (C=O) groups is 2. The molecule has 2 N–H and O–H groups in total. The average molecular weight is 332 g/mol. The predicted octanol–water partition coefficient (Wildman–Crippen LogP) is 3.57. The molecule has 0 saturated heterocycles. The van der Waals surface area contributed by atoms with E-state index in [1.165, 1.54) is 12.1 Å². The molecule has 0 aliphatic heterocycles. The first-order valence-corrected chi connectivity index (χ1v) is 7.41. The van der Waals surface area contributed by atoms with Gasteiger partial charge in [-0.2, -0.15) is 0 Å². The van der Waals surface area contributed by atoms with E-state index < -0.39 is 11.9 Å². The number of aromatic carboxylic acids is 2. The highest BCUT2D eigenvalue weighted by Crippen LogP contribution is 2.18. The maximum absolute atomic E-state index is 10.6. The van der Waals surface area contributed by atoms with E-state index in [0.717, 1.165) is 0 Å². The van der Waals surface area contributed by atoms with Gasteiger partial charge in [-0.05, 0) is 38.1 Å². The second-order valence-corrected chi connectivity index (χ2v) is 4.47. The topological polar surface area (TPSA) is 93.1 Å². The van der Waals surface area contributed by atoms with E-state index in [-0.39, 0.29) is 11.1 Å². The lowest BCUT2D eigenvalue weighted by molar-refractivity contribution is 0.0681. The molecule has 0 spiro atoms. The lowest BCUT2D eigenvalue weighted by Gasteiger charge is -2.05. The van der Waals surface area contributed by atoms with Crippen molar-refractivity contribution in [2.45, 2.75) is 13.8 Å². The summed E-state index contributed by atoms with van der Waals surface area (Å²) in [6, 6.07) is 13.2. The van der Waals surface area contributed by atoms with Gasteiger partial charge in [0.05, 0.1) is 13.2 Å². The summed E-state index contributed by atoms with van der Waals surface area (Å²) in [5.41, 5.74) is 0.415. The molecule has 2 aromatic rings. The van der Waals surface area contributed by atoms with Crippen LogP contribution in [0.15, 0.2) is 48.5 Å². The first-order chi connectivity index (χ1) is 11.5. The summed E-state index contributed by atoms with van der Waals surface area (Å²) in [6.07, 6.45) is 0. The SMILES string of the molecule is CCOc1ccccc1C(=O)O.CCOc1ccccc1C(=O)O. The van der Waals surface area contributed by atoms with E-state index in [0.29, 0.717) is 24.7 Å². The highest BCUT2D eigenvalue weighted by Gasteiger charge is 2.09. The van der Waals surface area contributed by atoms with E-state index in [9.17, 15) is 9.59 Å². The summed E-state index contributed by atoms with van der Waals surface area (Å²) >= 11 is 0. The summed E-state index contributed by atoms with van der Waals surface area (Å²) in [7, 11) is 0. The molecular weight excluding hydrogens is 312 g/mol. The molecule has 0 saturated carbocycles. The van der Waals surface area contributed by atoms with Crippen LogP contribution >= 0.6 is 0 Å². The average Bonchev–Trinajstić information content (AvgIpc) is 2.57. The molecule has 6 heteroatoms. The first kappa shape index (κ1) is 19.0. The first-order valence-electron chi connectivity index (χ1n) is 7.41. The van der Waals surface area contributed by atoms with Gasteiger partial charge in [0.25, 0.3) is 0 Å². The van der Waals surface area contributed by atoms with Gasteiger partial charge in [0.15, 0.2) is 0 Å². The second-order valence-electron chi connectivity index (χ2n) is 4.47. The summed E-state index contributed by atoms with van der Waals surface area (Å²) < 4.78 is 10.2. The van der Waals surface area contributed by atoms with Crippen molar-refractivity contribution in [1.29, 1.82) is 0 Å². The number of ether oxygens (including phenoxy) is 2. The van der Waals surface area contributed by atoms with E-state index in [4.69, 9.17) is 19.7 Å². The molecule has 0 amide bonds. The van der Waals surface area contributed by atoms with Gasteiger partial charge in [0.2, 0.25) is 0 Å². The van der Waals surface area contributed by atoms with Gasteiger partial charge in [-0.15, -0.1) is 0 Å². The number of carboxylic acids is 2. The van der Waals surface area contributed by atoms with Crippen LogP contribution in [0.25, 0.3) is 0 Å². The van der Waals surface area contributed by atoms with Crippen LogP contribution in [-0.4, -0.2) is 35.4 Å². The van der Waals surface area contributed by atoms with Crippen LogP contribution in [0.1, 0.15) is 34.6 Å². The van der Waals surface area contributed by atoms with Gasteiger partial charge in [0, 0.05) is 0 Å². The fraction of sp³-hybridized carbons (Fsp3) is 0.222. The lowest BCUT2D eigenvalue weighted by atomic mass is 10.2. The quantitative estimate of drug-likeness (QED) is 0.840. The Hall–Kier alpha value is -3.02. The molecule has 128 valence electrons.